The number of aromatic nitrogens is 1. The second kappa shape index (κ2) is 8.43. The third-order valence-corrected chi connectivity index (χ3v) is 3.55. The summed E-state index contributed by atoms with van der Waals surface area (Å²) in [4.78, 5) is 28.5. The van der Waals surface area contributed by atoms with E-state index >= 15 is 0 Å². The van der Waals surface area contributed by atoms with Crippen LogP contribution in [0.5, 0.6) is 0 Å². The Morgan fingerprint density at radius 1 is 1.08 bits per heavy atom. The van der Waals surface area contributed by atoms with Crippen molar-refractivity contribution in [1.82, 2.24) is 10.3 Å². The summed E-state index contributed by atoms with van der Waals surface area (Å²) in [5.74, 6) is -0.0590. The van der Waals surface area contributed by atoms with E-state index in [1.807, 2.05) is 6.07 Å². The summed E-state index contributed by atoms with van der Waals surface area (Å²) in [6.45, 7) is 0.355. The highest BCUT2D eigenvalue weighted by molar-refractivity contribution is 6.07. The van der Waals surface area contributed by atoms with E-state index in [1.165, 1.54) is 12.3 Å². The van der Waals surface area contributed by atoms with Gasteiger partial charge in [-0.25, -0.2) is 0 Å². The molecule has 0 saturated carbocycles. The Balaban J connectivity index is 1.65. The van der Waals surface area contributed by atoms with E-state index in [0.29, 0.717) is 23.6 Å². The van der Waals surface area contributed by atoms with E-state index in [1.54, 1.807) is 60.9 Å². The van der Waals surface area contributed by atoms with Crippen LogP contribution in [0.2, 0.25) is 0 Å². The number of pyridine rings is 1. The molecule has 3 aromatic rings. The molecule has 0 saturated heterocycles. The molecule has 3 rings (SSSR count). The summed E-state index contributed by atoms with van der Waals surface area (Å²) >= 11 is 0. The summed E-state index contributed by atoms with van der Waals surface area (Å²) in [6, 6.07) is 14.0. The highest BCUT2D eigenvalue weighted by Crippen LogP contribution is 2.15. The molecule has 130 valence electrons. The van der Waals surface area contributed by atoms with Crippen LogP contribution in [-0.2, 0) is 11.3 Å². The minimum absolute atomic E-state index is 0.278. The Bertz CT molecular complexity index is 903. The van der Waals surface area contributed by atoms with Gasteiger partial charge in [0.05, 0.1) is 17.5 Å². The van der Waals surface area contributed by atoms with E-state index in [-0.39, 0.29) is 11.8 Å². The molecule has 26 heavy (non-hydrogen) atoms. The first kappa shape index (κ1) is 17.2. The predicted molar refractivity (Wildman–Crippen MR) is 98.2 cm³/mol. The van der Waals surface area contributed by atoms with Crippen molar-refractivity contribution >= 4 is 23.6 Å². The van der Waals surface area contributed by atoms with Gasteiger partial charge in [-0.3, -0.25) is 14.6 Å². The number of benzene rings is 1. The van der Waals surface area contributed by atoms with Gasteiger partial charge in [0.1, 0.15) is 5.76 Å². The first-order valence-corrected chi connectivity index (χ1v) is 8.01. The van der Waals surface area contributed by atoms with Crippen LogP contribution in [0.4, 0.5) is 5.69 Å². The van der Waals surface area contributed by atoms with Crippen LogP contribution in [0.1, 0.15) is 21.7 Å². The van der Waals surface area contributed by atoms with Gasteiger partial charge < -0.3 is 15.1 Å². The lowest BCUT2D eigenvalue weighted by Gasteiger charge is -2.10. The highest BCUT2D eigenvalue weighted by Gasteiger charge is 2.12. The number of hydrogen-bond acceptors (Lipinski definition) is 4. The first-order valence-electron chi connectivity index (χ1n) is 8.01. The molecule has 0 fully saturated rings. The largest absolute Gasteiger partial charge is 0.465 e. The van der Waals surface area contributed by atoms with Crippen molar-refractivity contribution in [3.8, 4) is 0 Å². The van der Waals surface area contributed by atoms with Crippen LogP contribution in [-0.4, -0.2) is 16.8 Å². The molecule has 0 aliphatic rings. The molecule has 2 heterocycles. The number of rotatable bonds is 6. The minimum Gasteiger partial charge on any atom is -0.465 e. The molecular formula is C20H17N3O3. The fourth-order valence-electron chi connectivity index (χ4n) is 2.29. The summed E-state index contributed by atoms with van der Waals surface area (Å²) < 4.78 is 5.13. The monoisotopic (exact) mass is 347 g/mol. The normalized spacial score (nSPS) is 10.6. The predicted octanol–water partition coefficient (Wildman–Crippen LogP) is 3.26. The van der Waals surface area contributed by atoms with Crippen molar-refractivity contribution in [3.05, 3.63) is 90.2 Å². The maximum atomic E-state index is 12.4. The Morgan fingerprint density at radius 3 is 2.73 bits per heavy atom. The number of carbonyl (C=O) groups is 2. The van der Waals surface area contributed by atoms with Gasteiger partial charge in [0.25, 0.3) is 5.91 Å². The molecule has 0 unspecified atom stereocenters. The second-order valence-corrected chi connectivity index (χ2v) is 5.43. The fourth-order valence-corrected chi connectivity index (χ4v) is 2.29. The minimum atomic E-state index is -0.353. The number of nitrogens with zero attached hydrogens (tertiary/aromatic N) is 1. The Hall–Kier alpha value is -3.67. The quantitative estimate of drug-likeness (QED) is 0.670. The van der Waals surface area contributed by atoms with Crippen molar-refractivity contribution in [2.75, 3.05) is 5.32 Å². The molecule has 2 N–H and O–H groups in total. The number of anilines is 1. The Labute approximate surface area is 150 Å². The van der Waals surface area contributed by atoms with Crippen molar-refractivity contribution < 1.29 is 14.0 Å². The molecular weight excluding hydrogens is 330 g/mol. The molecule has 1 aromatic carbocycles. The van der Waals surface area contributed by atoms with Crippen molar-refractivity contribution in [3.63, 3.8) is 0 Å². The van der Waals surface area contributed by atoms with E-state index in [4.69, 9.17) is 4.42 Å². The molecule has 0 bridgehead atoms. The molecule has 6 nitrogen and oxygen atoms in total. The third-order valence-electron chi connectivity index (χ3n) is 3.55. The van der Waals surface area contributed by atoms with Crippen LogP contribution in [0.3, 0.4) is 0 Å². The average molecular weight is 347 g/mol. The number of para-hydroxylation sites is 1. The van der Waals surface area contributed by atoms with E-state index in [2.05, 4.69) is 15.6 Å². The number of nitrogens with one attached hydrogen (secondary N) is 2. The lowest BCUT2D eigenvalue weighted by atomic mass is 10.1. The summed E-state index contributed by atoms with van der Waals surface area (Å²) in [5, 5.41) is 5.53. The number of amides is 2. The SMILES string of the molecule is O=C(/C=C/c1ccco1)Nc1ccccc1C(=O)NCc1cccnc1. The van der Waals surface area contributed by atoms with Crippen LogP contribution in [0.15, 0.2) is 77.7 Å². The van der Waals surface area contributed by atoms with Crippen LogP contribution in [0.25, 0.3) is 6.08 Å². The zero-order valence-corrected chi connectivity index (χ0v) is 13.9. The van der Waals surface area contributed by atoms with Gasteiger partial charge in [0.2, 0.25) is 5.91 Å². The number of carbonyl (C=O) groups excluding carboxylic acids is 2. The molecule has 6 heteroatoms. The van der Waals surface area contributed by atoms with Gasteiger partial charge in [-0.2, -0.15) is 0 Å². The van der Waals surface area contributed by atoms with Crippen LogP contribution >= 0.6 is 0 Å². The van der Waals surface area contributed by atoms with E-state index in [9.17, 15) is 9.59 Å². The molecule has 0 aliphatic heterocycles. The van der Waals surface area contributed by atoms with Gasteiger partial charge >= 0.3 is 0 Å². The zero-order valence-electron chi connectivity index (χ0n) is 13.9. The van der Waals surface area contributed by atoms with Crippen molar-refractivity contribution in [1.29, 1.82) is 0 Å². The maximum absolute atomic E-state index is 12.4. The fraction of sp³-hybridized carbons (Fsp3) is 0.0500. The lowest BCUT2D eigenvalue weighted by Crippen LogP contribution is -2.24. The van der Waals surface area contributed by atoms with Gasteiger partial charge in [0, 0.05) is 25.0 Å². The molecule has 0 radical (unpaired) electrons. The second-order valence-electron chi connectivity index (χ2n) is 5.43. The molecule has 0 aliphatic carbocycles. The van der Waals surface area contributed by atoms with Crippen LogP contribution < -0.4 is 10.6 Å². The maximum Gasteiger partial charge on any atom is 0.253 e. The van der Waals surface area contributed by atoms with Crippen molar-refractivity contribution in [2.45, 2.75) is 6.54 Å². The third kappa shape index (κ3) is 4.67. The first-order chi connectivity index (χ1) is 12.7. The smallest absolute Gasteiger partial charge is 0.253 e. The number of hydrogen-bond donors (Lipinski definition) is 2. The van der Waals surface area contributed by atoms with Gasteiger partial charge in [-0.15, -0.1) is 0 Å². The van der Waals surface area contributed by atoms with E-state index < -0.39 is 0 Å². The van der Waals surface area contributed by atoms with Gasteiger partial charge in [-0.1, -0.05) is 18.2 Å². The highest BCUT2D eigenvalue weighted by atomic mass is 16.3. The Morgan fingerprint density at radius 2 is 1.96 bits per heavy atom. The molecule has 0 spiro atoms. The van der Waals surface area contributed by atoms with Gasteiger partial charge in [-0.05, 0) is 42.0 Å². The average Bonchev–Trinajstić information content (AvgIpc) is 3.19. The molecule has 0 atom stereocenters. The summed E-state index contributed by atoms with van der Waals surface area (Å²) in [7, 11) is 0. The van der Waals surface area contributed by atoms with E-state index in [0.717, 1.165) is 5.56 Å². The summed E-state index contributed by atoms with van der Waals surface area (Å²) in [5.41, 5.74) is 1.71. The molecule has 2 aromatic heterocycles. The number of furan rings is 1. The Kier molecular flexibility index (Phi) is 5.57. The van der Waals surface area contributed by atoms with Crippen LogP contribution in [0, 0.1) is 0 Å². The lowest BCUT2D eigenvalue weighted by molar-refractivity contribution is -0.111. The topological polar surface area (TPSA) is 84.2 Å². The van der Waals surface area contributed by atoms with Crippen molar-refractivity contribution in [2.24, 2.45) is 0 Å². The zero-order chi connectivity index (χ0) is 18.2. The summed E-state index contributed by atoms with van der Waals surface area (Å²) in [6.07, 6.45) is 7.79. The molecule has 2 amide bonds. The van der Waals surface area contributed by atoms with Gasteiger partial charge in [0.15, 0.2) is 0 Å². The standard InChI is InChI=1S/C20H17N3O3/c24-19(10-9-16-6-4-12-26-16)23-18-8-2-1-7-17(18)20(25)22-14-15-5-3-11-21-13-15/h1-13H,14H2,(H,22,25)(H,23,24)/b10-9+.